The number of carbonyl (C=O) groups is 1. The van der Waals surface area contributed by atoms with Gasteiger partial charge in [-0.15, -0.1) is 0 Å². The molecule has 0 fully saturated rings. The highest BCUT2D eigenvalue weighted by Gasteiger charge is 2.10. The third-order valence-corrected chi connectivity index (χ3v) is 3.77. The number of hydrogen-bond donors (Lipinski definition) is 1. The third kappa shape index (κ3) is 3.19. The summed E-state index contributed by atoms with van der Waals surface area (Å²) in [7, 11) is 0. The quantitative estimate of drug-likeness (QED) is 0.752. The summed E-state index contributed by atoms with van der Waals surface area (Å²) in [6.45, 7) is 4.50. The lowest BCUT2D eigenvalue weighted by atomic mass is 10.1. The minimum absolute atomic E-state index is 0.118. The van der Waals surface area contributed by atoms with Gasteiger partial charge in [-0.1, -0.05) is 36.4 Å². The van der Waals surface area contributed by atoms with E-state index >= 15 is 0 Å². The first-order valence-electron chi connectivity index (χ1n) is 7.71. The van der Waals surface area contributed by atoms with Gasteiger partial charge in [0.1, 0.15) is 5.75 Å². The second kappa shape index (κ2) is 6.53. The minimum atomic E-state index is -0.118. The fraction of sp³-hybridized carbons (Fsp3) is 0.150. The van der Waals surface area contributed by atoms with Crippen LogP contribution in [0.1, 0.15) is 22.8 Å². The van der Waals surface area contributed by atoms with E-state index in [9.17, 15) is 4.79 Å². The molecule has 3 aromatic carbocycles. The number of carbonyl (C=O) groups excluding carboxylic acids is 1. The summed E-state index contributed by atoms with van der Waals surface area (Å²) in [6.07, 6.45) is 0. The molecule has 3 rings (SSSR count). The Morgan fingerprint density at radius 2 is 1.83 bits per heavy atom. The van der Waals surface area contributed by atoms with E-state index in [1.165, 1.54) is 0 Å². The average molecular weight is 305 g/mol. The average Bonchev–Trinajstić information content (AvgIpc) is 2.57. The fourth-order valence-electron chi connectivity index (χ4n) is 2.64. The Morgan fingerprint density at radius 3 is 2.61 bits per heavy atom. The largest absolute Gasteiger partial charge is 0.494 e. The van der Waals surface area contributed by atoms with Crippen LogP contribution in [-0.4, -0.2) is 12.5 Å². The number of nitrogens with one attached hydrogen (secondary N) is 1. The summed E-state index contributed by atoms with van der Waals surface area (Å²) in [5.41, 5.74) is 2.40. The summed E-state index contributed by atoms with van der Waals surface area (Å²) in [6, 6.07) is 19.4. The number of anilines is 1. The van der Waals surface area contributed by atoms with Gasteiger partial charge in [0, 0.05) is 16.6 Å². The van der Waals surface area contributed by atoms with E-state index in [4.69, 9.17) is 4.74 Å². The van der Waals surface area contributed by atoms with Crippen molar-refractivity contribution in [2.24, 2.45) is 0 Å². The van der Waals surface area contributed by atoms with Crippen molar-refractivity contribution in [1.82, 2.24) is 0 Å². The lowest BCUT2D eigenvalue weighted by molar-refractivity contribution is 0.102. The minimum Gasteiger partial charge on any atom is -0.494 e. The first-order chi connectivity index (χ1) is 11.2. The number of ether oxygens (including phenoxy) is 1. The number of benzene rings is 3. The zero-order valence-corrected chi connectivity index (χ0v) is 13.3. The molecule has 0 bridgehead atoms. The molecule has 0 aliphatic carbocycles. The van der Waals surface area contributed by atoms with E-state index in [1.807, 2.05) is 68.4 Å². The smallest absolute Gasteiger partial charge is 0.255 e. The van der Waals surface area contributed by atoms with E-state index in [-0.39, 0.29) is 5.91 Å². The van der Waals surface area contributed by atoms with Crippen LogP contribution in [0.25, 0.3) is 10.8 Å². The maximum absolute atomic E-state index is 12.5. The van der Waals surface area contributed by atoms with Gasteiger partial charge in [0.05, 0.1) is 6.61 Å². The maximum atomic E-state index is 12.5. The zero-order chi connectivity index (χ0) is 16.2. The van der Waals surface area contributed by atoms with Gasteiger partial charge in [-0.2, -0.15) is 0 Å². The van der Waals surface area contributed by atoms with Gasteiger partial charge in [-0.25, -0.2) is 0 Å². The van der Waals surface area contributed by atoms with Crippen LogP contribution in [0.5, 0.6) is 5.75 Å². The number of amides is 1. The van der Waals surface area contributed by atoms with Crippen LogP contribution in [0.15, 0.2) is 60.7 Å². The first kappa shape index (κ1) is 15.1. The third-order valence-electron chi connectivity index (χ3n) is 3.77. The lowest BCUT2D eigenvalue weighted by Gasteiger charge is -2.11. The molecule has 0 saturated carbocycles. The van der Waals surface area contributed by atoms with Crippen LogP contribution in [0.3, 0.4) is 0 Å². The summed E-state index contributed by atoms with van der Waals surface area (Å²) in [5.74, 6) is 0.696. The van der Waals surface area contributed by atoms with Crippen molar-refractivity contribution in [3.05, 3.63) is 71.8 Å². The van der Waals surface area contributed by atoms with Crippen molar-refractivity contribution in [2.45, 2.75) is 13.8 Å². The van der Waals surface area contributed by atoms with E-state index in [0.717, 1.165) is 27.8 Å². The lowest BCUT2D eigenvalue weighted by Crippen LogP contribution is -2.12. The van der Waals surface area contributed by atoms with E-state index in [1.54, 1.807) is 6.07 Å². The van der Waals surface area contributed by atoms with Gasteiger partial charge >= 0.3 is 0 Å². The van der Waals surface area contributed by atoms with Gasteiger partial charge in [-0.3, -0.25) is 4.79 Å². The second-order valence-corrected chi connectivity index (χ2v) is 5.39. The van der Waals surface area contributed by atoms with Gasteiger partial charge in [0.15, 0.2) is 0 Å². The first-order valence-corrected chi connectivity index (χ1v) is 7.71. The Hall–Kier alpha value is -2.81. The SMILES string of the molecule is CCOc1ccc(C(=O)Nc2cccc3ccccc23)cc1C. The molecule has 1 N–H and O–H groups in total. The highest BCUT2D eigenvalue weighted by atomic mass is 16.5. The predicted molar refractivity (Wildman–Crippen MR) is 94.2 cm³/mol. The molecule has 3 heteroatoms. The predicted octanol–water partition coefficient (Wildman–Crippen LogP) is 4.80. The Morgan fingerprint density at radius 1 is 1.04 bits per heavy atom. The van der Waals surface area contributed by atoms with Gasteiger partial charge in [0.2, 0.25) is 0 Å². The second-order valence-electron chi connectivity index (χ2n) is 5.39. The molecule has 1 amide bonds. The summed E-state index contributed by atoms with van der Waals surface area (Å²) in [5, 5.41) is 5.14. The number of rotatable bonds is 4. The monoisotopic (exact) mass is 305 g/mol. The molecular weight excluding hydrogens is 286 g/mol. The van der Waals surface area contributed by atoms with Crippen LogP contribution in [0.4, 0.5) is 5.69 Å². The number of fused-ring (bicyclic) bond motifs is 1. The molecule has 0 radical (unpaired) electrons. The number of aryl methyl sites for hydroxylation is 1. The Balaban J connectivity index is 1.88. The summed E-state index contributed by atoms with van der Waals surface area (Å²) < 4.78 is 5.52. The zero-order valence-electron chi connectivity index (χ0n) is 13.3. The Bertz CT molecular complexity index is 850. The highest BCUT2D eigenvalue weighted by Crippen LogP contribution is 2.24. The van der Waals surface area contributed by atoms with Gasteiger partial charge in [-0.05, 0) is 49.1 Å². The summed E-state index contributed by atoms with van der Waals surface area (Å²) in [4.78, 5) is 12.5. The Labute approximate surface area is 135 Å². The molecule has 0 atom stereocenters. The highest BCUT2D eigenvalue weighted by molar-refractivity contribution is 6.09. The molecule has 0 aromatic heterocycles. The van der Waals surface area contributed by atoms with Crippen LogP contribution in [0, 0.1) is 6.92 Å². The molecule has 0 aliphatic heterocycles. The molecule has 3 nitrogen and oxygen atoms in total. The fourth-order valence-corrected chi connectivity index (χ4v) is 2.64. The van der Waals surface area contributed by atoms with Crippen molar-refractivity contribution in [3.8, 4) is 5.75 Å². The molecule has 0 unspecified atom stereocenters. The van der Waals surface area contributed by atoms with Crippen molar-refractivity contribution < 1.29 is 9.53 Å². The molecule has 3 aromatic rings. The summed E-state index contributed by atoms with van der Waals surface area (Å²) >= 11 is 0. The van der Waals surface area contributed by atoms with Crippen LogP contribution >= 0.6 is 0 Å². The van der Waals surface area contributed by atoms with Crippen LogP contribution < -0.4 is 10.1 Å². The molecular formula is C20H19NO2. The Kier molecular flexibility index (Phi) is 4.29. The molecule has 116 valence electrons. The van der Waals surface area contributed by atoms with Crippen molar-refractivity contribution >= 4 is 22.4 Å². The molecule has 23 heavy (non-hydrogen) atoms. The van der Waals surface area contributed by atoms with Crippen molar-refractivity contribution in [1.29, 1.82) is 0 Å². The van der Waals surface area contributed by atoms with Gasteiger partial charge < -0.3 is 10.1 Å². The number of hydrogen-bond acceptors (Lipinski definition) is 2. The van der Waals surface area contributed by atoms with E-state index in [2.05, 4.69) is 5.32 Å². The van der Waals surface area contributed by atoms with E-state index < -0.39 is 0 Å². The maximum Gasteiger partial charge on any atom is 0.255 e. The normalized spacial score (nSPS) is 10.5. The molecule has 0 saturated heterocycles. The van der Waals surface area contributed by atoms with Gasteiger partial charge in [0.25, 0.3) is 5.91 Å². The van der Waals surface area contributed by atoms with Crippen molar-refractivity contribution in [2.75, 3.05) is 11.9 Å². The molecule has 0 spiro atoms. The van der Waals surface area contributed by atoms with Crippen LogP contribution in [0.2, 0.25) is 0 Å². The molecule has 0 heterocycles. The van der Waals surface area contributed by atoms with Crippen LogP contribution in [-0.2, 0) is 0 Å². The molecule has 0 aliphatic rings. The van der Waals surface area contributed by atoms with E-state index in [0.29, 0.717) is 12.2 Å². The standard InChI is InChI=1S/C20H19NO2/c1-3-23-19-12-11-16(13-14(19)2)20(22)21-18-10-6-8-15-7-4-5-9-17(15)18/h4-13H,3H2,1-2H3,(H,21,22). The van der Waals surface area contributed by atoms with Crippen molar-refractivity contribution in [3.63, 3.8) is 0 Å². The topological polar surface area (TPSA) is 38.3 Å².